The monoisotopic (exact) mass is 347 g/mol. The molecule has 0 saturated carbocycles. The summed E-state index contributed by atoms with van der Waals surface area (Å²) >= 11 is 1.59. The number of likely N-dealkylation sites (tertiary alicyclic amines) is 1. The molecule has 1 saturated heterocycles. The molecule has 3 heterocycles. The third kappa shape index (κ3) is 3.77. The number of aromatic nitrogens is 3. The van der Waals surface area contributed by atoms with Crippen LogP contribution in [0, 0.1) is 0 Å². The number of piperidine rings is 1. The lowest BCUT2D eigenvalue weighted by molar-refractivity contribution is 0.177. The highest BCUT2D eigenvalue weighted by atomic mass is 32.1. The van der Waals surface area contributed by atoms with Crippen molar-refractivity contribution in [1.29, 1.82) is 0 Å². The zero-order valence-electron chi connectivity index (χ0n) is 14.3. The first-order valence-electron chi connectivity index (χ1n) is 8.68. The Balaban J connectivity index is 1.53. The molecule has 1 aliphatic heterocycles. The number of rotatable bonds is 5. The molecule has 1 fully saturated rings. The van der Waals surface area contributed by atoms with Gasteiger partial charge >= 0.3 is 6.03 Å². The maximum Gasteiger partial charge on any atom is 0.317 e. The molecule has 0 radical (unpaired) electrons. The molecule has 0 bridgehead atoms. The summed E-state index contributed by atoms with van der Waals surface area (Å²) in [7, 11) is 0. The van der Waals surface area contributed by atoms with Gasteiger partial charge in [-0.05, 0) is 37.7 Å². The number of carbonyl (C=O) groups excluding carboxylic acids is 1. The summed E-state index contributed by atoms with van der Waals surface area (Å²) in [6.07, 6.45) is 8.74. The molecule has 0 spiro atoms. The van der Waals surface area contributed by atoms with Gasteiger partial charge in [-0.2, -0.15) is 5.10 Å². The normalized spacial score (nSPS) is 17.0. The summed E-state index contributed by atoms with van der Waals surface area (Å²) in [5.41, 5.74) is 1.30. The fourth-order valence-electron chi connectivity index (χ4n) is 3.16. The molecule has 2 aromatic rings. The minimum atomic E-state index is 0.0120. The molecule has 1 unspecified atom stereocenters. The van der Waals surface area contributed by atoms with Gasteiger partial charge in [-0.25, -0.2) is 9.78 Å². The molecule has 24 heavy (non-hydrogen) atoms. The SMILES string of the molecule is CCC(NC(=O)N1CCC(c2cnn(CC)c2)CC1)c1nccs1. The number of urea groups is 1. The van der Waals surface area contributed by atoms with E-state index in [1.165, 1.54) is 5.56 Å². The fraction of sp³-hybridized carbons (Fsp3) is 0.588. The Kier molecular flexibility index (Phi) is 5.50. The van der Waals surface area contributed by atoms with Gasteiger partial charge in [-0.3, -0.25) is 4.68 Å². The number of aryl methyl sites for hydroxylation is 1. The van der Waals surface area contributed by atoms with E-state index in [1.54, 1.807) is 17.5 Å². The highest BCUT2D eigenvalue weighted by Crippen LogP contribution is 2.28. The number of nitrogens with zero attached hydrogens (tertiary/aromatic N) is 4. The number of thiazole rings is 1. The van der Waals surface area contributed by atoms with Crippen LogP contribution in [0.3, 0.4) is 0 Å². The summed E-state index contributed by atoms with van der Waals surface area (Å²) in [6, 6.07) is 0.0396. The summed E-state index contributed by atoms with van der Waals surface area (Å²) in [6.45, 7) is 6.65. The van der Waals surface area contributed by atoms with Crippen LogP contribution in [-0.2, 0) is 6.54 Å². The molecule has 130 valence electrons. The summed E-state index contributed by atoms with van der Waals surface area (Å²) in [5.74, 6) is 0.510. The molecule has 2 amide bonds. The van der Waals surface area contributed by atoms with Crippen LogP contribution in [0.1, 0.15) is 55.6 Å². The first kappa shape index (κ1) is 17.0. The zero-order valence-corrected chi connectivity index (χ0v) is 15.1. The lowest BCUT2D eigenvalue weighted by Gasteiger charge is -2.32. The molecule has 1 aliphatic rings. The van der Waals surface area contributed by atoms with E-state index >= 15 is 0 Å². The second-order valence-corrected chi connectivity index (χ2v) is 7.10. The van der Waals surface area contributed by atoms with Gasteiger partial charge in [-0.1, -0.05) is 6.92 Å². The molecule has 3 rings (SSSR count). The Labute approximate surface area is 146 Å². The number of amides is 2. The minimum absolute atomic E-state index is 0.0120. The summed E-state index contributed by atoms with van der Waals surface area (Å²) in [5, 5.41) is 10.4. The average Bonchev–Trinajstić information content (AvgIpc) is 3.31. The largest absolute Gasteiger partial charge is 0.329 e. The van der Waals surface area contributed by atoms with Crippen molar-refractivity contribution in [2.45, 2.75) is 51.6 Å². The van der Waals surface area contributed by atoms with Gasteiger partial charge in [0.2, 0.25) is 0 Å². The molecular weight excluding hydrogens is 322 g/mol. The standard InChI is InChI=1S/C17H25N5OS/c1-3-15(16-18-7-10-24-16)20-17(23)21-8-5-13(6-9-21)14-11-19-22(4-2)12-14/h7,10-13,15H,3-6,8-9H2,1-2H3,(H,20,23). The molecule has 2 aromatic heterocycles. The first-order chi connectivity index (χ1) is 11.7. The van der Waals surface area contributed by atoms with Gasteiger partial charge in [0.25, 0.3) is 0 Å². The third-order valence-corrected chi connectivity index (χ3v) is 5.58. The van der Waals surface area contributed by atoms with Crippen LogP contribution >= 0.6 is 11.3 Å². The van der Waals surface area contributed by atoms with E-state index in [1.807, 2.05) is 21.2 Å². The van der Waals surface area contributed by atoms with Crippen LogP contribution in [-0.4, -0.2) is 38.8 Å². The number of carbonyl (C=O) groups is 1. The van der Waals surface area contributed by atoms with Crippen molar-refractivity contribution < 1.29 is 4.79 Å². The molecule has 1 N–H and O–H groups in total. The molecule has 6 nitrogen and oxygen atoms in total. The van der Waals surface area contributed by atoms with Crippen molar-refractivity contribution >= 4 is 17.4 Å². The summed E-state index contributed by atoms with van der Waals surface area (Å²) < 4.78 is 1.97. The molecule has 7 heteroatoms. The Bertz CT molecular complexity index is 646. The lowest BCUT2D eigenvalue weighted by atomic mass is 9.92. The Morgan fingerprint density at radius 3 is 2.79 bits per heavy atom. The quantitative estimate of drug-likeness (QED) is 0.901. The maximum atomic E-state index is 12.5. The van der Waals surface area contributed by atoms with Crippen LogP contribution in [0.25, 0.3) is 0 Å². The van der Waals surface area contributed by atoms with E-state index < -0.39 is 0 Å². The minimum Gasteiger partial charge on any atom is -0.329 e. The maximum absolute atomic E-state index is 12.5. The zero-order chi connectivity index (χ0) is 16.9. The van der Waals surface area contributed by atoms with Crippen LogP contribution in [0.15, 0.2) is 24.0 Å². The van der Waals surface area contributed by atoms with Crippen molar-refractivity contribution in [2.24, 2.45) is 0 Å². The van der Waals surface area contributed by atoms with Crippen molar-refractivity contribution in [3.05, 3.63) is 34.5 Å². The number of nitrogens with one attached hydrogen (secondary N) is 1. The van der Waals surface area contributed by atoms with E-state index in [0.717, 1.165) is 43.9 Å². The van der Waals surface area contributed by atoms with E-state index in [2.05, 4.69) is 35.4 Å². The second-order valence-electron chi connectivity index (χ2n) is 6.17. The fourth-order valence-corrected chi connectivity index (χ4v) is 3.94. The molecule has 1 atom stereocenters. The second kappa shape index (κ2) is 7.79. The van der Waals surface area contributed by atoms with Crippen molar-refractivity contribution in [3.8, 4) is 0 Å². The molecular formula is C17H25N5OS. The van der Waals surface area contributed by atoms with E-state index in [-0.39, 0.29) is 12.1 Å². The van der Waals surface area contributed by atoms with Gasteiger partial charge in [0.1, 0.15) is 5.01 Å². The lowest BCUT2D eigenvalue weighted by Crippen LogP contribution is -2.45. The predicted molar refractivity (Wildman–Crippen MR) is 95.1 cm³/mol. The smallest absolute Gasteiger partial charge is 0.317 e. The highest BCUT2D eigenvalue weighted by Gasteiger charge is 2.26. The van der Waals surface area contributed by atoms with Crippen molar-refractivity contribution in [2.75, 3.05) is 13.1 Å². The van der Waals surface area contributed by atoms with Gasteiger partial charge in [0, 0.05) is 37.4 Å². The topological polar surface area (TPSA) is 63.1 Å². The third-order valence-electron chi connectivity index (χ3n) is 4.69. The Hall–Kier alpha value is -1.89. The van der Waals surface area contributed by atoms with Gasteiger partial charge in [-0.15, -0.1) is 11.3 Å². The van der Waals surface area contributed by atoms with E-state index in [0.29, 0.717) is 5.92 Å². The summed E-state index contributed by atoms with van der Waals surface area (Å²) in [4.78, 5) is 18.8. The Morgan fingerprint density at radius 1 is 1.42 bits per heavy atom. The van der Waals surface area contributed by atoms with Crippen LogP contribution in [0.4, 0.5) is 4.79 Å². The number of hydrogen-bond acceptors (Lipinski definition) is 4. The predicted octanol–water partition coefficient (Wildman–Crippen LogP) is 3.40. The van der Waals surface area contributed by atoms with E-state index in [9.17, 15) is 4.79 Å². The van der Waals surface area contributed by atoms with Crippen molar-refractivity contribution in [3.63, 3.8) is 0 Å². The molecule has 0 aromatic carbocycles. The highest BCUT2D eigenvalue weighted by molar-refractivity contribution is 7.09. The molecule has 0 aliphatic carbocycles. The van der Waals surface area contributed by atoms with Gasteiger partial charge in [0.15, 0.2) is 0 Å². The van der Waals surface area contributed by atoms with Gasteiger partial charge < -0.3 is 10.2 Å². The Morgan fingerprint density at radius 2 is 2.21 bits per heavy atom. The number of hydrogen-bond donors (Lipinski definition) is 1. The first-order valence-corrected chi connectivity index (χ1v) is 9.56. The van der Waals surface area contributed by atoms with Crippen LogP contribution < -0.4 is 5.32 Å². The van der Waals surface area contributed by atoms with Crippen molar-refractivity contribution in [1.82, 2.24) is 25.0 Å². The van der Waals surface area contributed by atoms with Gasteiger partial charge in [0.05, 0.1) is 12.2 Å². The van der Waals surface area contributed by atoms with Crippen LogP contribution in [0.2, 0.25) is 0 Å². The van der Waals surface area contributed by atoms with Crippen LogP contribution in [0.5, 0.6) is 0 Å². The average molecular weight is 347 g/mol. The van der Waals surface area contributed by atoms with E-state index in [4.69, 9.17) is 0 Å².